The van der Waals surface area contributed by atoms with Crippen LogP contribution in [0, 0.1) is 17.8 Å². The molecule has 6 N–H and O–H groups in total. The third-order valence-corrected chi connectivity index (χ3v) is 7.43. The summed E-state index contributed by atoms with van der Waals surface area (Å²) >= 11 is 0. The Balaban J connectivity index is 1.48. The summed E-state index contributed by atoms with van der Waals surface area (Å²) in [6, 6.07) is 4.54. The van der Waals surface area contributed by atoms with E-state index in [9.17, 15) is 40.2 Å². The lowest BCUT2D eigenvalue weighted by Crippen LogP contribution is -2.60. The van der Waals surface area contributed by atoms with Gasteiger partial charge in [0, 0.05) is 23.8 Å². The summed E-state index contributed by atoms with van der Waals surface area (Å²) in [4.78, 5) is 24.5. The van der Waals surface area contributed by atoms with Gasteiger partial charge < -0.3 is 54.3 Å². The summed E-state index contributed by atoms with van der Waals surface area (Å²) in [5.74, 6) is -3.44. The largest absolute Gasteiger partial charge is 0.504 e. The van der Waals surface area contributed by atoms with Crippen molar-refractivity contribution < 1.29 is 63.9 Å². The average Bonchev–Trinajstić information content (AvgIpc) is 3.24. The quantitative estimate of drug-likeness (QED) is 0.182. The summed E-state index contributed by atoms with van der Waals surface area (Å²) in [5, 5.41) is 59.3. The van der Waals surface area contributed by atoms with Crippen LogP contribution in [0.4, 0.5) is 0 Å². The molecule has 1 aromatic carbocycles. The molecule has 1 aliphatic carbocycles. The molecule has 2 fully saturated rings. The van der Waals surface area contributed by atoms with Crippen LogP contribution in [0.25, 0.3) is 6.08 Å². The number of methoxy groups -OCH3 is 1. The molecule has 4 rings (SSSR count). The van der Waals surface area contributed by atoms with Gasteiger partial charge in [0.05, 0.1) is 25.6 Å². The maximum absolute atomic E-state index is 12.6. The normalized spacial score (nSPS) is 36.1. The van der Waals surface area contributed by atoms with E-state index in [0.717, 1.165) is 6.26 Å². The number of hydrogen-bond donors (Lipinski definition) is 6. The lowest BCUT2D eigenvalue weighted by molar-refractivity contribution is -0.342. The fourth-order valence-electron chi connectivity index (χ4n) is 5.28. The summed E-state index contributed by atoms with van der Waals surface area (Å²) in [6.45, 7) is 1.10. The molecule has 10 atom stereocenters. The van der Waals surface area contributed by atoms with E-state index in [4.69, 9.17) is 23.7 Å². The molecule has 214 valence electrons. The number of phenolic OH excluding ortho intramolecular Hbond substituents is 1. The van der Waals surface area contributed by atoms with E-state index in [1.54, 1.807) is 13.0 Å². The third-order valence-electron chi connectivity index (χ3n) is 7.43. The molecule has 0 aromatic heterocycles. The van der Waals surface area contributed by atoms with Gasteiger partial charge in [-0.1, -0.05) is 13.0 Å². The van der Waals surface area contributed by atoms with Gasteiger partial charge >= 0.3 is 11.9 Å². The molecule has 2 aliphatic heterocycles. The zero-order chi connectivity index (χ0) is 28.4. The van der Waals surface area contributed by atoms with Crippen LogP contribution in [0.5, 0.6) is 11.5 Å². The summed E-state index contributed by atoms with van der Waals surface area (Å²) in [6.07, 6.45) is -5.60. The number of ether oxygens (including phenoxy) is 5. The third kappa shape index (κ3) is 5.88. The Kier molecular flexibility index (Phi) is 8.79. The van der Waals surface area contributed by atoms with Crippen LogP contribution in [0.3, 0.4) is 0 Å². The van der Waals surface area contributed by atoms with Gasteiger partial charge in [0.1, 0.15) is 30.5 Å². The van der Waals surface area contributed by atoms with Gasteiger partial charge in [0.25, 0.3) is 0 Å². The summed E-state index contributed by atoms with van der Waals surface area (Å²) in [5.41, 5.74) is 0.540. The second-order valence-electron chi connectivity index (χ2n) is 9.73. The SMILES string of the molecule is COc1cc(/C=C/C(=O)O[C@H]2C[C@@H]3C(C(=O)O)=CO[C@@H](O[C@@H]4O[C@H](CO)[C@@H](O)[C@H](O)[C@H]4O)[C@@H]3[C@@H]2C)ccc1O. The van der Waals surface area contributed by atoms with Crippen LogP contribution < -0.4 is 4.74 Å². The van der Waals surface area contributed by atoms with Gasteiger partial charge in [0.2, 0.25) is 6.29 Å². The minimum absolute atomic E-state index is 0.0363. The number of carboxylic acids is 1. The first kappa shape index (κ1) is 28.8. The minimum Gasteiger partial charge on any atom is -0.504 e. The molecule has 2 heterocycles. The van der Waals surface area contributed by atoms with E-state index in [1.165, 1.54) is 31.4 Å². The van der Waals surface area contributed by atoms with Gasteiger partial charge in [-0.15, -0.1) is 0 Å². The first-order chi connectivity index (χ1) is 18.5. The van der Waals surface area contributed by atoms with Crippen molar-refractivity contribution in [2.45, 2.75) is 56.4 Å². The second-order valence-corrected chi connectivity index (χ2v) is 9.73. The van der Waals surface area contributed by atoms with E-state index < -0.39 is 79.4 Å². The van der Waals surface area contributed by atoms with E-state index in [2.05, 4.69) is 0 Å². The number of carbonyl (C=O) groups is 2. The number of aliphatic hydroxyl groups excluding tert-OH is 4. The topological polar surface area (TPSA) is 202 Å². The Hall–Kier alpha value is -3.20. The van der Waals surface area contributed by atoms with Crippen LogP contribution in [0.2, 0.25) is 0 Å². The minimum atomic E-state index is -1.68. The smallest absolute Gasteiger partial charge is 0.334 e. The fourth-order valence-corrected chi connectivity index (χ4v) is 5.28. The Morgan fingerprint density at radius 1 is 1.13 bits per heavy atom. The molecule has 0 amide bonds. The maximum Gasteiger partial charge on any atom is 0.334 e. The monoisotopic (exact) mass is 552 g/mol. The molecule has 3 aliphatic rings. The van der Waals surface area contributed by atoms with E-state index in [0.29, 0.717) is 5.56 Å². The molecule has 1 saturated heterocycles. The molecule has 0 spiro atoms. The number of aromatic hydroxyl groups is 1. The number of esters is 1. The molecule has 1 aromatic rings. The van der Waals surface area contributed by atoms with Crippen molar-refractivity contribution in [1.29, 1.82) is 0 Å². The molecule has 13 heteroatoms. The predicted molar refractivity (Wildman–Crippen MR) is 130 cm³/mol. The number of aliphatic hydroxyl groups is 4. The highest BCUT2D eigenvalue weighted by atomic mass is 16.8. The van der Waals surface area contributed by atoms with Gasteiger partial charge in [-0.3, -0.25) is 0 Å². The molecule has 0 radical (unpaired) electrons. The van der Waals surface area contributed by atoms with Gasteiger partial charge in [-0.05, 0) is 30.2 Å². The average molecular weight is 553 g/mol. The van der Waals surface area contributed by atoms with Crippen molar-refractivity contribution in [3.8, 4) is 11.5 Å². The lowest BCUT2D eigenvalue weighted by atomic mass is 9.83. The number of hydrogen-bond acceptors (Lipinski definition) is 12. The summed E-state index contributed by atoms with van der Waals surface area (Å²) < 4.78 is 27.5. The van der Waals surface area contributed by atoms with Crippen molar-refractivity contribution in [3.63, 3.8) is 0 Å². The Labute approximate surface area is 223 Å². The number of fused-ring (bicyclic) bond motifs is 1. The molecular formula is C26H32O13. The Morgan fingerprint density at radius 2 is 1.87 bits per heavy atom. The van der Waals surface area contributed by atoms with Crippen LogP contribution in [-0.2, 0) is 28.5 Å². The van der Waals surface area contributed by atoms with Gasteiger partial charge in [-0.25, -0.2) is 9.59 Å². The Morgan fingerprint density at radius 3 is 2.54 bits per heavy atom. The molecule has 1 saturated carbocycles. The number of carboxylic acid groups (broad SMARTS) is 1. The van der Waals surface area contributed by atoms with Crippen LogP contribution in [0.1, 0.15) is 18.9 Å². The molecular weight excluding hydrogens is 520 g/mol. The first-order valence-corrected chi connectivity index (χ1v) is 12.4. The highest BCUT2D eigenvalue weighted by molar-refractivity contribution is 5.88. The lowest BCUT2D eigenvalue weighted by Gasteiger charge is -2.43. The molecule has 13 nitrogen and oxygen atoms in total. The van der Waals surface area contributed by atoms with Crippen LogP contribution >= 0.6 is 0 Å². The van der Waals surface area contributed by atoms with Crippen LogP contribution in [0.15, 0.2) is 36.1 Å². The van der Waals surface area contributed by atoms with E-state index in [1.807, 2.05) is 0 Å². The van der Waals surface area contributed by atoms with E-state index in [-0.39, 0.29) is 23.5 Å². The van der Waals surface area contributed by atoms with Crippen molar-refractivity contribution >= 4 is 18.0 Å². The van der Waals surface area contributed by atoms with E-state index >= 15 is 0 Å². The standard InChI is InChI=1S/C26H32O13/c1-11-16(37-19(29)6-4-12-3-5-15(28)17(7-12)35-2)8-13-14(24(33)34)10-36-25(20(11)13)39-26-23(32)22(31)21(30)18(9-27)38-26/h3-7,10-11,13,16,18,20-23,25-28,30-32H,8-9H2,1-2H3,(H,33,34)/b6-4+/t11-,13-,16+,18-,20-,21-,22+,23-,25+,26+/m1/s1. The molecule has 0 bridgehead atoms. The zero-order valence-electron chi connectivity index (χ0n) is 21.2. The Bertz CT molecular complexity index is 1120. The van der Waals surface area contributed by atoms with Crippen molar-refractivity contribution in [2.75, 3.05) is 13.7 Å². The highest BCUT2D eigenvalue weighted by Gasteiger charge is 2.54. The van der Waals surface area contributed by atoms with Crippen LogP contribution in [-0.4, -0.2) is 99.4 Å². The molecule has 39 heavy (non-hydrogen) atoms. The van der Waals surface area contributed by atoms with Crippen molar-refractivity contribution in [3.05, 3.63) is 41.7 Å². The number of benzene rings is 1. The first-order valence-electron chi connectivity index (χ1n) is 12.4. The maximum atomic E-state index is 12.6. The number of carbonyl (C=O) groups excluding carboxylic acids is 1. The number of rotatable bonds is 8. The second kappa shape index (κ2) is 11.9. The highest BCUT2D eigenvalue weighted by Crippen LogP contribution is 2.48. The molecule has 0 unspecified atom stereocenters. The zero-order valence-corrected chi connectivity index (χ0v) is 21.2. The number of aliphatic carboxylic acids is 1. The fraction of sp³-hybridized carbons (Fsp3) is 0.538. The number of phenols is 1. The van der Waals surface area contributed by atoms with Gasteiger partial charge in [-0.2, -0.15) is 0 Å². The van der Waals surface area contributed by atoms with Gasteiger partial charge in [0.15, 0.2) is 17.8 Å². The van der Waals surface area contributed by atoms with Crippen molar-refractivity contribution in [1.82, 2.24) is 0 Å². The summed E-state index contributed by atoms with van der Waals surface area (Å²) in [7, 11) is 1.40. The van der Waals surface area contributed by atoms with Crippen molar-refractivity contribution in [2.24, 2.45) is 17.8 Å². The predicted octanol–water partition coefficient (Wildman–Crippen LogP) is -0.261.